The van der Waals surface area contributed by atoms with Gasteiger partial charge in [-0.05, 0) is 19.3 Å². The van der Waals surface area contributed by atoms with Crippen molar-refractivity contribution in [3.05, 3.63) is 0 Å². The Bertz CT molecular complexity index is 99.4. The largest absolute Gasteiger partial charge is 0.327 e. The maximum Gasteiger partial charge on any atom is 0.00965 e. The van der Waals surface area contributed by atoms with Gasteiger partial charge < -0.3 is 5.73 Å². The third-order valence-corrected chi connectivity index (χ3v) is 4.91. The van der Waals surface area contributed by atoms with E-state index in [9.17, 15) is 0 Å². The molecule has 2 N–H and O–H groups in total. The summed E-state index contributed by atoms with van der Waals surface area (Å²) in [6.07, 6.45) is 1.28. The number of alkyl halides is 1. The van der Waals surface area contributed by atoms with Crippen molar-refractivity contribution < 1.29 is 0 Å². The summed E-state index contributed by atoms with van der Waals surface area (Å²) >= 11 is 0.288. The molecule has 0 rings (SSSR count). The molecule has 0 bridgehead atoms. The highest BCUT2D eigenvalue weighted by molar-refractivity contribution is 14.2. The van der Waals surface area contributed by atoms with Crippen molar-refractivity contribution >= 4 is 24.7 Å². The molecule has 0 saturated heterocycles. The lowest BCUT2D eigenvalue weighted by molar-refractivity contribution is 0.763. The zero-order valence-corrected chi connectivity index (χ0v) is 9.26. The molecule has 0 amide bonds. The summed E-state index contributed by atoms with van der Waals surface area (Å²) < 4.78 is 3.71. The number of hydrogen-bond acceptors (Lipinski definition) is 1. The molecule has 2 heteroatoms. The Hall–Kier alpha value is 0.560. The first-order valence-corrected chi connectivity index (χ1v) is 6.60. The molecule has 2 atom stereocenters. The normalized spacial score (nSPS) is 18.4. The molecule has 0 aromatic carbocycles. The SMILES string of the molecule is CCC(C)C=ICC(C)N. The first-order valence-electron chi connectivity index (χ1n) is 3.83. The van der Waals surface area contributed by atoms with Crippen molar-refractivity contribution in [2.24, 2.45) is 11.7 Å². The lowest BCUT2D eigenvalue weighted by Gasteiger charge is -2.00. The van der Waals surface area contributed by atoms with E-state index < -0.39 is 0 Å². The van der Waals surface area contributed by atoms with Crippen LogP contribution < -0.4 is 5.73 Å². The zero-order chi connectivity index (χ0) is 7.98. The van der Waals surface area contributed by atoms with Crippen LogP contribution in [0, 0.1) is 5.92 Å². The third kappa shape index (κ3) is 6.68. The van der Waals surface area contributed by atoms with Crippen molar-refractivity contribution in [2.75, 3.05) is 4.43 Å². The summed E-state index contributed by atoms with van der Waals surface area (Å²) in [7, 11) is 0. The van der Waals surface area contributed by atoms with Gasteiger partial charge in [-0.25, -0.2) is 0 Å². The van der Waals surface area contributed by atoms with Gasteiger partial charge in [-0.15, -0.1) is 20.7 Å². The summed E-state index contributed by atoms with van der Waals surface area (Å²) in [5.41, 5.74) is 5.63. The van der Waals surface area contributed by atoms with Crippen molar-refractivity contribution in [3.8, 4) is 0 Å². The van der Waals surface area contributed by atoms with Gasteiger partial charge in [0.2, 0.25) is 0 Å². The molecular weight excluding hydrogens is 237 g/mol. The van der Waals surface area contributed by atoms with Gasteiger partial charge in [-0.2, -0.15) is 0 Å². The molecule has 0 spiro atoms. The summed E-state index contributed by atoms with van der Waals surface area (Å²) in [6.45, 7) is 6.60. The number of rotatable bonds is 4. The summed E-state index contributed by atoms with van der Waals surface area (Å²) in [4.78, 5) is 0. The highest BCUT2D eigenvalue weighted by atomic mass is 127. The van der Waals surface area contributed by atoms with Crippen LogP contribution in [0.1, 0.15) is 27.2 Å². The van der Waals surface area contributed by atoms with E-state index in [1.807, 2.05) is 0 Å². The van der Waals surface area contributed by atoms with Crippen molar-refractivity contribution in [2.45, 2.75) is 33.2 Å². The Morgan fingerprint density at radius 2 is 2.10 bits per heavy atom. The zero-order valence-electron chi connectivity index (χ0n) is 7.10. The molecule has 0 fully saturated rings. The van der Waals surface area contributed by atoms with Crippen LogP contribution in [0.4, 0.5) is 0 Å². The Labute approximate surface area is 74.1 Å². The molecule has 0 heterocycles. The smallest absolute Gasteiger partial charge is 0.00965 e. The van der Waals surface area contributed by atoms with Gasteiger partial charge in [0.1, 0.15) is 0 Å². The topological polar surface area (TPSA) is 26.0 Å². The molecule has 0 saturated carbocycles. The Balaban J connectivity index is 3.36. The number of halogens is 1. The van der Waals surface area contributed by atoms with Gasteiger partial charge in [-0.3, -0.25) is 0 Å². The summed E-state index contributed by atoms with van der Waals surface area (Å²) in [5.74, 6) is 0.812. The molecule has 0 aliphatic carbocycles. The second-order valence-electron chi connectivity index (χ2n) is 2.80. The van der Waals surface area contributed by atoms with Crippen LogP contribution >= 0.6 is 20.7 Å². The van der Waals surface area contributed by atoms with E-state index in [1.165, 1.54) is 10.8 Å². The lowest BCUT2D eigenvalue weighted by Crippen LogP contribution is -2.16. The minimum Gasteiger partial charge on any atom is -0.327 e. The van der Waals surface area contributed by atoms with E-state index in [0.717, 1.165) is 5.92 Å². The summed E-state index contributed by atoms with van der Waals surface area (Å²) in [5, 5.41) is 0. The van der Waals surface area contributed by atoms with Crippen molar-refractivity contribution in [1.82, 2.24) is 0 Å². The van der Waals surface area contributed by atoms with E-state index in [0.29, 0.717) is 6.04 Å². The quantitative estimate of drug-likeness (QED) is 0.604. The maximum absolute atomic E-state index is 5.63. The van der Waals surface area contributed by atoms with Crippen LogP contribution in [-0.4, -0.2) is 14.5 Å². The van der Waals surface area contributed by atoms with Crippen molar-refractivity contribution in [1.29, 1.82) is 0 Å². The van der Waals surface area contributed by atoms with E-state index in [1.54, 1.807) is 0 Å². The maximum atomic E-state index is 5.63. The highest BCUT2D eigenvalue weighted by Crippen LogP contribution is 2.04. The van der Waals surface area contributed by atoms with E-state index in [2.05, 4.69) is 24.8 Å². The Kier molecular flexibility index (Phi) is 6.63. The third-order valence-electron chi connectivity index (χ3n) is 1.28. The highest BCUT2D eigenvalue weighted by Gasteiger charge is 1.91. The first kappa shape index (κ1) is 10.6. The average Bonchev–Trinajstić information content (AvgIpc) is 1.87. The number of nitrogens with two attached hydrogens (primary N) is 1. The molecule has 0 aliphatic rings. The Morgan fingerprint density at radius 3 is 2.50 bits per heavy atom. The van der Waals surface area contributed by atoms with Crippen LogP contribution in [0.2, 0.25) is 0 Å². The fourth-order valence-electron chi connectivity index (χ4n) is 0.433. The molecule has 2 unspecified atom stereocenters. The lowest BCUT2D eigenvalue weighted by atomic mass is 10.2. The standard InChI is InChI=1S/C8H18IN/c1-4-7(2)5-9-6-8(3)10/h5,7-8H,4,6,10H2,1-3H3. The van der Waals surface area contributed by atoms with Gasteiger partial charge in [0, 0.05) is 10.5 Å². The van der Waals surface area contributed by atoms with Gasteiger partial charge in [0.25, 0.3) is 0 Å². The van der Waals surface area contributed by atoms with Crippen LogP contribution in [0.15, 0.2) is 0 Å². The first-order chi connectivity index (χ1) is 4.66. The van der Waals surface area contributed by atoms with E-state index in [4.69, 9.17) is 5.73 Å². The van der Waals surface area contributed by atoms with Gasteiger partial charge in [0.05, 0.1) is 0 Å². The molecular formula is C8H18IN. The van der Waals surface area contributed by atoms with Gasteiger partial charge >= 0.3 is 0 Å². The van der Waals surface area contributed by atoms with Crippen molar-refractivity contribution in [3.63, 3.8) is 0 Å². The minimum absolute atomic E-state index is 0.288. The molecule has 0 aromatic heterocycles. The predicted molar refractivity (Wildman–Crippen MR) is 58.1 cm³/mol. The van der Waals surface area contributed by atoms with Crippen LogP contribution in [0.3, 0.4) is 0 Å². The van der Waals surface area contributed by atoms with Gasteiger partial charge in [0.15, 0.2) is 0 Å². The minimum atomic E-state index is 0.288. The van der Waals surface area contributed by atoms with Gasteiger partial charge in [-0.1, -0.05) is 17.9 Å². The van der Waals surface area contributed by atoms with Crippen LogP contribution in [-0.2, 0) is 0 Å². The summed E-state index contributed by atoms with van der Waals surface area (Å²) in [6, 6.07) is 0.410. The fraction of sp³-hybridized carbons (Fsp3) is 0.875. The average molecular weight is 255 g/mol. The molecule has 0 radical (unpaired) electrons. The van der Waals surface area contributed by atoms with E-state index in [-0.39, 0.29) is 20.7 Å². The second kappa shape index (κ2) is 6.28. The monoisotopic (exact) mass is 255 g/mol. The molecule has 62 valence electrons. The van der Waals surface area contributed by atoms with Crippen LogP contribution in [0.25, 0.3) is 0 Å². The van der Waals surface area contributed by atoms with Crippen LogP contribution in [0.5, 0.6) is 0 Å². The molecule has 0 aromatic rings. The molecule has 1 nitrogen and oxygen atoms in total. The molecule has 0 aliphatic heterocycles. The molecule has 10 heavy (non-hydrogen) atoms. The fourth-order valence-corrected chi connectivity index (χ4v) is 2.91. The number of hydrogen-bond donors (Lipinski definition) is 1. The Morgan fingerprint density at radius 1 is 1.50 bits per heavy atom. The van der Waals surface area contributed by atoms with E-state index >= 15 is 0 Å². The predicted octanol–water partition coefficient (Wildman–Crippen LogP) is 2.15. The second-order valence-corrected chi connectivity index (χ2v) is 5.28.